The fraction of sp³-hybridized carbons (Fsp3) is 0.812. The molecule has 3 heterocycles. The molecule has 23 nitrogen and oxygen atoms in total. The van der Waals surface area contributed by atoms with Gasteiger partial charge in [-0.3, -0.25) is 14.4 Å². The number of aldehydes is 3. The average molecular weight is 590 g/mol. The van der Waals surface area contributed by atoms with E-state index in [1.54, 1.807) is 0 Å². The fourth-order valence-electron chi connectivity index (χ4n) is 1.72. The van der Waals surface area contributed by atoms with Crippen molar-refractivity contribution < 1.29 is 114 Å². The van der Waals surface area contributed by atoms with Crippen molar-refractivity contribution in [2.75, 3.05) is 0 Å². The van der Waals surface area contributed by atoms with Crippen molar-refractivity contribution in [2.24, 2.45) is 0 Å². The quantitative estimate of drug-likeness (QED) is 0.0802. The number of rotatable bonds is 5. The molecule has 6 unspecified atom stereocenters. The molecule has 0 aliphatic carbocycles. The van der Waals surface area contributed by atoms with E-state index in [-0.39, 0.29) is 18.9 Å². The van der Waals surface area contributed by atoms with Gasteiger partial charge in [-0.15, -0.1) is 0 Å². The van der Waals surface area contributed by atoms with Gasteiger partial charge in [0.15, 0.2) is 18.9 Å². The molecule has 0 bridgehead atoms. The molecule has 0 spiro atoms. The minimum Gasteiger partial charge on any atom is -0.364 e. The Morgan fingerprint density at radius 3 is 0.821 bits per heavy atom. The molecule has 3 saturated heterocycles. The Labute approximate surface area is 216 Å². The minimum absolute atomic E-state index is 0.0278. The van der Waals surface area contributed by atoms with Gasteiger partial charge < -0.3 is 99.9 Å². The van der Waals surface area contributed by atoms with E-state index in [2.05, 4.69) is 28.4 Å². The first-order valence-electron chi connectivity index (χ1n) is 9.82. The zero-order chi connectivity index (χ0) is 30.9. The SMILES string of the molecule is O=CC(O)O.O=CC=O.OC(O)C(O)O.OC(O)C1OC(O)C(O)O1.OC1OC(C2OC(O)C(O)O2)OC1O. The van der Waals surface area contributed by atoms with Crippen molar-refractivity contribution >= 4 is 18.9 Å². The molecule has 0 aromatic rings. The van der Waals surface area contributed by atoms with Crippen LogP contribution in [0.15, 0.2) is 0 Å². The maximum atomic E-state index is 9.00. The van der Waals surface area contributed by atoms with Crippen LogP contribution in [0.4, 0.5) is 0 Å². The van der Waals surface area contributed by atoms with Gasteiger partial charge in [-0.25, -0.2) is 0 Å². The summed E-state index contributed by atoms with van der Waals surface area (Å²) in [6.07, 6.45) is -20.1. The molecule has 3 aliphatic heterocycles. The Kier molecular flexibility index (Phi) is 21.2. The smallest absolute Gasteiger partial charge is 0.215 e. The molecule has 23 heteroatoms. The maximum absolute atomic E-state index is 9.00. The van der Waals surface area contributed by atoms with Crippen LogP contribution in [-0.2, 0) is 42.8 Å². The third kappa shape index (κ3) is 17.5. The third-order valence-corrected chi connectivity index (χ3v) is 3.28. The molecular weight excluding hydrogens is 560 g/mol. The Balaban J connectivity index is 0. The molecule has 3 fully saturated rings. The Bertz CT molecular complexity index is 582. The lowest BCUT2D eigenvalue weighted by Crippen LogP contribution is -2.29. The zero-order valence-corrected chi connectivity index (χ0v) is 19.2. The van der Waals surface area contributed by atoms with Gasteiger partial charge in [0.2, 0.25) is 81.8 Å². The summed E-state index contributed by atoms with van der Waals surface area (Å²) < 4.78 is 27.3. The van der Waals surface area contributed by atoms with Crippen LogP contribution in [0.25, 0.3) is 0 Å². The van der Waals surface area contributed by atoms with Gasteiger partial charge in [0, 0.05) is 0 Å². The number of carbonyl (C=O) groups excluding carboxylic acids is 3. The van der Waals surface area contributed by atoms with Crippen molar-refractivity contribution in [3.63, 3.8) is 0 Å². The maximum Gasteiger partial charge on any atom is 0.215 e. The molecule has 6 atom stereocenters. The molecule has 0 aromatic heterocycles. The number of carbonyl (C=O) groups is 3. The van der Waals surface area contributed by atoms with Crippen molar-refractivity contribution in [3.8, 4) is 0 Å². The largest absolute Gasteiger partial charge is 0.364 e. The van der Waals surface area contributed by atoms with Crippen LogP contribution in [0.3, 0.4) is 0 Å². The molecule has 0 radical (unpaired) electrons. The molecule has 0 amide bonds. The second-order valence-corrected chi connectivity index (χ2v) is 6.33. The molecule has 3 aliphatic rings. The lowest BCUT2D eigenvalue weighted by Gasteiger charge is -2.14. The summed E-state index contributed by atoms with van der Waals surface area (Å²) in [5, 5.41) is 115. The lowest BCUT2D eigenvalue weighted by atomic mass is 10.6. The van der Waals surface area contributed by atoms with Crippen LogP contribution < -0.4 is 0 Å². The van der Waals surface area contributed by atoms with E-state index in [4.69, 9.17) is 85.9 Å². The summed E-state index contributed by atoms with van der Waals surface area (Å²) in [5.41, 5.74) is 0. The van der Waals surface area contributed by atoms with E-state index in [0.717, 1.165) is 0 Å². The van der Waals surface area contributed by atoms with Crippen molar-refractivity contribution in [1.29, 1.82) is 0 Å². The van der Waals surface area contributed by atoms with Gasteiger partial charge in [0.25, 0.3) is 0 Å². The van der Waals surface area contributed by atoms with Gasteiger partial charge in [0.1, 0.15) is 0 Å². The first-order valence-corrected chi connectivity index (χ1v) is 9.82. The van der Waals surface area contributed by atoms with Crippen LogP contribution in [-0.4, -0.2) is 172 Å². The van der Waals surface area contributed by atoms with Crippen LogP contribution >= 0.6 is 0 Å². The highest BCUT2D eigenvalue weighted by atomic mass is 16.9. The monoisotopic (exact) mass is 590 g/mol. The van der Waals surface area contributed by atoms with Crippen LogP contribution in [0, 0.1) is 0 Å². The van der Waals surface area contributed by atoms with E-state index in [1.165, 1.54) is 0 Å². The Hall–Kier alpha value is -1.79. The zero-order valence-electron chi connectivity index (χ0n) is 19.2. The van der Waals surface area contributed by atoms with Gasteiger partial charge in [0.05, 0.1) is 0 Å². The van der Waals surface area contributed by atoms with Gasteiger partial charge in [-0.1, -0.05) is 0 Å². The van der Waals surface area contributed by atoms with Crippen molar-refractivity contribution in [3.05, 3.63) is 0 Å². The molecule has 39 heavy (non-hydrogen) atoms. The molecular formula is C16H30O23. The highest BCUT2D eigenvalue weighted by Gasteiger charge is 2.46. The standard InChI is InChI=1S/C6H10O8.C4H8O6.C2H6O4.C2H4O3.C2H2O2/c7-1-2(8)12-5(11-1)6-13-3(9)4(10)14-6;5-1(6)4-9-2(7)3(8)10-4;3-1(4)2(5)6;3-1-2(4)5;3-1-2-4/h1-10H;1-8H;1-6H;1-2,4-5H;1-2H. The second kappa shape index (κ2) is 21.0. The van der Waals surface area contributed by atoms with Crippen LogP contribution in [0.1, 0.15) is 0 Å². The highest BCUT2D eigenvalue weighted by Crippen LogP contribution is 2.26. The van der Waals surface area contributed by atoms with E-state index >= 15 is 0 Å². The van der Waals surface area contributed by atoms with E-state index in [9.17, 15) is 0 Å². The summed E-state index contributed by atoms with van der Waals surface area (Å²) >= 11 is 0. The Morgan fingerprint density at radius 1 is 0.462 bits per heavy atom. The predicted molar refractivity (Wildman–Crippen MR) is 105 cm³/mol. The van der Waals surface area contributed by atoms with E-state index in [0.29, 0.717) is 0 Å². The topological polar surface area (TPSA) is 390 Å². The number of aliphatic hydroxyl groups excluding tert-OH is 10. The summed E-state index contributed by atoms with van der Waals surface area (Å²) in [5.74, 6) is 0. The van der Waals surface area contributed by atoms with Crippen molar-refractivity contribution in [2.45, 2.75) is 81.8 Å². The molecule has 232 valence electrons. The number of aliphatic hydroxyl groups is 14. The van der Waals surface area contributed by atoms with Gasteiger partial charge in [-0.05, 0) is 0 Å². The van der Waals surface area contributed by atoms with Gasteiger partial charge in [-0.2, -0.15) is 0 Å². The van der Waals surface area contributed by atoms with E-state index in [1.807, 2.05) is 0 Å². The number of ether oxygens (including phenoxy) is 6. The first kappa shape index (κ1) is 39.4. The second-order valence-electron chi connectivity index (χ2n) is 6.33. The summed E-state index contributed by atoms with van der Waals surface area (Å²) in [6, 6.07) is 0. The highest BCUT2D eigenvalue weighted by molar-refractivity contribution is 6.09. The molecule has 3 rings (SSSR count). The average Bonchev–Trinajstić information content (AvgIpc) is 3.51. The predicted octanol–water partition coefficient (Wildman–Crippen LogP) is -10.2. The normalized spacial score (nSPS) is 33.2. The molecule has 0 aromatic carbocycles. The summed E-state index contributed by atoms with van der Waals surface area (Å²) in [4.78, 5) is 26.6. The fourth-order valence-corrected chi connectivity index (χ4v) is 1.72. The van der Waals surface area contributed by atoms with E-state index < -0.39 is 81.8 Å². The summed E-state index contributed by atoms with van der Waals surface area (Å²) in [6.45, 7) is 0. The Morgan fingerprint density at radius 2 is 0.692 bits per heavy atom. The van der Waals surface area contributed by atoms with Crippen LogP contribution in [0.5, 0.6) is 0 Å². The minimum atomic E-state index is -2.04. The third-order valence-electron chi connectivity index (χ3n) is 3.28. The molecule has 0 saturated carbocycles. The summed E-state index contributed by atoms with van der Waals surface area (Å²) in [7, 11) is 0. The number of hydrogen-bond donors (Lipinski definition) is 14. The van der Waals surface area contributed by atoms with Crippen molar-refractivity contribution in [1.82, 2.24) is 0 Å². The first-order chi connectivity index (χ1) is 18.0. The van der Waals surface area contributed by atoms with Gasteiger partial charge >= 0.3 is 0 Å². The van der Waals surface area contributed by atoms with Crippen LogP contribution in [0.2, 0.25) is 0 Å². The lowest BCUT2D eigenvalue weighted by molar-refractivity contribution is -0.251. The number of hydrogen-bond acceptors (Lipinski definition) is 23. The molecule has 14 N–H and O–H groups in total.